The topological polar surface area (TPSA) is 72.8 Å². The molecule has 2 rings (SSSR count). The lowest BCUT2D eigenvalue weighted by Crippen LogP contribution is -2.24. The Labute approximate surface area is 135 Å². The van der Waals surface area contributed by atoms with Crippen LogP contribution in [0.5, 0.6) is 11.5 Å². The number of benzene rings is 1. The van der Waals surface area contributed by atoms with Gasteiger partial charge in [0.2, 0.25) is 0 Å². The van der Waals surface area contributed by atoms with Gasteiger partial charge in [-0.15, -0.1) is 0 Å². The highest BCUT2D eigenvalue weighted by Crippen LogP contribution is 2.44. The molecular formula is C18H20O5. The van der Waals surface area contributed by atoms with Gasteiger partial charge in [0, 0.05) is 17.2 Å². The van der Waals surface area contributed by atoms with Crippen molar-refractivity contribution in [2.45, 2.75) is 39.9 Å². The lowest BCUT2D eigenvalue weighted by atomic mass is 9.98. The molecule has 0 unspecified atom stereocenters. The molecule has 0 aliphatic carbocycles. The van der Waals surface area contributed by atoms with Crippen molar-refractivity contribution < 1.29 is 24.2 Å². The molecule has 0 radical (unpaired) electrons. The number of carbonyl (C=O) groups is 2. The van der Waals surface area contributed by atoms with E-state index in [4.69, 9.17) is 9.47 Å². The smallest absolute Gasteiger partial charge is 0.334 e. The molecule has 1 N–H and O–H groups in total. The van der Waals surface area contributed by atoms with E-state index in [1.807, 2.05) is 0 Å². The fraction of sp³-hybridized carbons (Fsp3) is 0.333. The lowest BCUT2D eigenvalue weighted by molar-refractivity contribution is -0.146. The zero-order chi connectivity index (χ0) is 17.3. The fourth-order valence-corrected chi connectivity index (χ4v) is 2.36. The third-order valence-electron chi connectivity index (χ3n) is 3.82. The number of phenolic OH excluding ortho intramolecular Hbond substituents is 1. The van der Waals surface area contributed by atoms with Crippen molar-refractivity contribution in [1.82, 2.24) is 0 Å². The van der Waals surface area contributed by atoms with Crippen LogP contribution in [0, 0.1) is 0 Å². The minimum Gasteiger partial charge on any atom is -0.507 e. The van der Waals surface area contributed by atoms with Crippen LogP contribution in [0.1, 0.15) is 49.7 Å². The van der Waals surface area contributed by atoms with Gasteiger partial charge in [0.05, 0.1) is 5.56 Å². The maximum atomic E-state index is 12.1. The standard InChI is InChI=1S/C18H20O5/c1-6-10(4)18(21)23-17-13-7-12(11(5)19)14(20)8-15(13)22-16(17)9(2)3/h6-8,16-17,20H,2H2,1,3-5H3/t16-,17-/m0/s1. The van der Waals surface area contributed by atoms with E-state index in [-0.39, 0.29) is 17.1 Å². The van der Waals surface area contributed by atoms with Crippen LogP contribution >= 0.6 is 0 Å². The van der Waals surface area contributed by atoms with Crippen LogP contribution in [0.2, 0.25) is 0 Å². The summed E-state index contributed by atoms with van der Waals surface area (Å²) in [5.74, 6) is -0.513. The second-order valence-electron chi connectivity index (χ2n) is 5.65. The van der Waals surface area contributed by atoms with Crippen LogP contribution in [0.15, 0.2) is 35.9 Å². The predicted octanol–water partition coefficient (Wildman–Crippen LogP) is 3.48. The number of ketones is 1. The molecule has 1 aromatic carbocycles. The predicted molar refractivity (Wildman–Crippen MR) is 85.6 cm³/mol. The van der Waals surface area contributed by atoms with Crippen molar-refractivity contribution in [1.29, 1.82) is 0 Å². The van der Waals surface area contributed by atoms with Gasteiger partial charge in [-0.1, -0.05) is 12.7 Å². The van der Waals surface area contributed by atoms with Gasteiger partial charge in [-0.05, 0) is 39.3 Å². The van der Waals surface area contributed by atoms with Gasteiger partial charge in [-0.25, -0.2) is 4.79 Å². The minimum atomic E-state index is -0.705. The lowest BCUT2D eigenvalue weighted by Gasteiger charge is -2.20. The molecule has 0 bridgehead atoms. The number of hydrogen-bond donors (Lipinski definition) is 1. The van der Waals surface area contributed by atoms with Gasteiger partial charge >= 0.3 is 5.97 Å². The maximum Gasteiger partial charge on any atom is 0.334 e. The second-order valence-corrected chi connectivity index (χ2v) is 5.65. The Hall–Kier alpha value is -2.56. The van der Waals surface area contributed by atoms with E-state index in [9.17, 15) is 14.7 Å². The Balaban J connectivity index is 2.47. The molecule has 0 saturated carbocycles. The number of phenols is 1. The summed E-state index contributed by atoms with van der Waals surface area (Å²) in [4.78, 5) is 23.7. The molecule has 5 nitrogen and oxygen atoms in total. The molecule has 5 heteroatoms. The van der Waals surface area contributed by atoms with Crippen molar-refractivity contribution in [3.8, 4) is 11.5 Å². The molecule has 0 saturated heterocycles. The van der Waals surface area contributed by atoms with E-state index in [0.29, 0.717) is 22.5 Å². The maximum absolute atomic E-state index is 12.1. The summed E-state index contributed by atoms with van der Waals surface area (Å²) in [6.45, 7) is 10.4. The fourth-order valence-electron chi connectivity index (χ4n) is 2.36. The first kappa shape index (κ1) is 16.8. The highest BCUT2D eigenvalue weighted by Gasteiger charge is 2.39. The van der Waals surface area contributed by atoms with Crippen LogP contribution in [-0.4, -0.2) is 23.0 Å². The SMILES string of the molecule is C=C(C)[C@@H]1Oc2cc(O)c(C(C)=O)cc2[C@@H]1OC(=O)C(C)=CC. The molecule has 0 spiro atoms. The number of hydrogen-bond acceptors (Lipinski definition) is 5. The molecule has 0 amide bonds. The van der Waals surface area contributed by atoms with E-state index in [1.165, 1.54) is 19.1 Å². The van der Waals surface area contributed by atoms with Crippen molar-refractivity contribution >= 4 is 11.8 Å². The van der Waals surface area contributed by atoms with Gasteiger partial charge in [-0.2, -0.15) is 0 Å². The van der Waals surface area contributed by atoms with Gasteiger partial charge in [0.1, 0.15) is 11.5 Å². The Bertz CT molecular complexity index is 714. The number of fused-ring (bicyclic) bond motifs is 1. The van der Waals surface area contributed by atoms with E-state index < -0.39 is 18.2 Å². The van der Waals surface area contributed by atoms with E-state index >= 15 is 0 Å². The first-order valence-corrected chi connectivity index (χ1v) is 7.30. The van der Waals surface area contributed by atoms with Gasteiger partial charge in [0.15, 0.2) is 18.0 Å². The van der Waals surface area contributed by atoms with E-state index in [1.54, 1.807) is 26.8 Å². The summed E-state index contributed by atoms with van der Waals surface area (Å²) in [7, 11) is 0. The highest BCUT2D eigenvalue weighted by atomic mass is 16.6. The zero-order valence-electron chi connectivity index (χ0n) is 13.7. The molecule has 1 aliphatic heterocycles. The van der Waals surface area contributed by atoms with Gasteiger partial charge in [-0.3, -0.25) is 4.79 Å². The first-order chi connectivity index (χ1) is 10.8. The summed E-state index contributed by atoms with van der Waals surface area (Å²) in [6.07, 6.45) is 0.399. The summed E-state index contributed by atoms with van der Waals surface area (Å²) in [5, 5.41) is 9.92. The van der Waals surface area contributed by atoms with Crippen molar-refractivity contribution in [3.63, 3.8) is 0 Å². The molecule has 2 atom stereocenters. The minimum absolute atomic E-state index is 0.159. The Kier molecular flexibility index (Phi) is 4.59. The Morgan fingerprint density at radius 1 is 1.30 bits per heavy atom. The van der Waals surface area contributed by atoms with Crippen molar-refractivity contribution in [2.75, 3.05) is 0 Å². The monoisotopic (exact) mass is 316 g/mol. The number of allylic oxidation sites excluding steroid dienone is 1. The number of ether oxygens (including phenoxy) is 2. The number of esters is 1. The summed E-state index contributed by atoms with van der Waals surface area (Å²) in [5.41, 5.74) is 1.88. The normalized spacial score (nSPS) is 19.7. The number of aromatic hydroxyl groups is 1. The second kappa shape index (κ2) is 6.28. The third kappa shape index (κ3) is 3.13. The molecule has 122 valence electrons. The quantitative estimate of drug-likeness (QED) is 0.398. The highest BCUT2D eigenvalue weighted by molar-refractivity contribution is 5.97. The molecule has 0 aromatic heterocycles. The first-order valence-electron chi connectivity index (χ1n) is 7.30. The zero-order valence-corrected chi connectivity index (χ0v) is 13.7. The number of Topliss-reactive ketones (excluding diaryl/α,β-unsaturated/α-hetero) is 1. The molecular weight excluding hydrogens is 296 g/mol. The molecule has 23 heavy (non-hydrogen) atoms. The average Bonchev–Trinajstić information content (AvgIpc) is 2.83. The Morgan fingerprint density at radius 3 is 2.48 bits per heavy atom. The third-order valence-corrected chi connectivity index (χ3v) is 3.82. The molecule has 1 heterocycles. The van der Waals surface area contributed by atoms with Crippen molar-refractivity contribution in [3.05, 3.63) is 47.1 Å². The largest absolute Gasteiger partial charge is 0.507 e. The summed E-state index contributed by atoms with van der Waals surface area (Å²) < 4.78 is 11.3. The van der Waals surface area contributed by atoms with Crippen LogP contribution in [0.3, 0.4) is 0 Å². The van der Waals surface area contributed by atoms with Crippen molar-refractivity contribution in [2.24, 2.45) is 0 Å². The van der Waals surface area contributed by atoms with Gasteiger partial charge in [0.25, 0.3) is 0 Å². The van der Waals surface area contributed by atoms with Crippen LogP contribution in [0.4, 0.5) is 0 Å². The van der Waals surface area contributed by atoms with Gasteiger partial charge < -0.3 is 14.6 Å². The molecule has 1 aromatic rings. The Morgan fingerprint density at radius 2 is 1.96 bits per heavy atom. The van der Waals surface area contributed by atoms with Crippen LogP contribution in [0.25, 0.3) is 0 Å². The molecule has 0 fully saturated rings. The summed E-state index contributed by atoms with van der Waals surface area (Å²) in [6, 6.07) is 2.89. The number of carbonyl (C=O) groups excluding carboxylic acids is 2. The molecule has 1 aliphatic rings. The average molecular weight is 316 g/mol. The number of rotatable bonds is 4. The van der Waals surface area contributed by atoms with E-state index in [2.05, 4.69) is 6.58 Å². The van der Waals surface area contributed by atoms with E-state index in [0.717, 1.165) is 0 Å². The van der Waals surface area contributed by atoms with Crippen LogP contribution in [-0.2, 0) is 9.53 Å². The summed E-state index contributed by atoms with van der Waals surface area (Å²) >= 11 is 0. The van der Waals surface area contributed by atoms with Crippen LogP contribution < -0.4 is 4.74 Å².